The van der Waals surface area contributed by atoms with Gasteiger partial charge in [-0.15, -0.1) is 0 Å². The van der Waals surface area contributed by atoms with Crippen LogP contribution in [0, 0.1) is 0 Å². The van der Waals surface area contributed by atoms with Crippen LogP contribution in [-0.2, 0) is 9.53 Å². The second-order valence-electron chi connectivity index (χ2n) is 3.70. The van der Waals surface area contributed by atoms with Gasteiger partial charge in [0, 0.05) is 12.7 Å². The highest BCUT2D eigenvalue weighted by Crippen LogP contribution is 2.13. The molecule has 0 saturated heterocycles. The first-order valence-corrected chi connectivity index (χ1v) is 5.94. The lowest BCUT2D eigenvalue weighted by Gasteiger charge is -2.06. The number of aliphatic carboxylic acids is 1. The van der Waals surface area contributed by atoms with Crippen LogP contribution in [0.4, 0.5) is 0 Å². The van der Waals surface area contributed by atoms with E-state index < -0.39 is 5.97 Å². The van der Waals surface area contributed by atoms with Gasteiger partial charge in [0.05, 0.1) is 6.61 Å². The molecule has 0 bridgehead atoms. The molecule has 0 heterocycles. The van der Waals surface area contributed by atoms with Crippen LogP contribution >= 0.6 is 0 Å². The first kappa shape index (κ1) is 14.3. The zero-order valence-electron chi connectivity index (χ0n) is 10.5. The number of carbonyl (C=O) groups is 1. The molecule has 0 unspecified atom stereocenters. The average Bonchev–Trinajstić information content (AvgIpc) is 2.37. The highest BCUT2D eigenvalue weighted by molar-refractivity contribution is 5.85. The molecule has 0 aliphatic heterocycles. The summed E-state index contributed by atoms with van der Waals surface area (Å²) in [6.07, 6.45) is 3.65. The molecule has 0 atom stereocenters. The highest BCUT2D eigenvalue weighted by Gasteiger charge is 1.94. The Bertz CT molecular complexity index is 381. The van der Waals surface area contributed by atoms with E-state index in [0.717, 1.165) is 30.4 Å². The summed E-state index contributed by atoms with van der Waals surface area (Å²) in [6.45, 7) is 3.91. The van der Waals surface area contributed by atoms with Crippen molar-refractivity contribution in [2.75, 3.05) is 19.8 Å². The molecule has 1 rings (SSSR count). The number of hydrogen-bond acceptors (Lipinski definition) is 3. The smallest absolute Gasteiger partial charge is 0.328 e. The number of rotatable bonds is 8. The fourth-order valence-corrected chi connectivity index (χ4v) is 1.31. The van der Waals surface area contributed by atoms with Crippen molar-refractivity contribution in [1.82, 2.24) is 0 Å². The molecule has 0 saturated carbocycles. The summed E-state index contributed by atoms with van der Waals surface area (Å²) in [6, 6.07) is 7.23. The molecule has 4 nitrogen and oxygen atoms in total. The van der Waals surface area contributed by atoms with E-state index in [-0.39, 0.29) is 0 Å². The van der Waals surface area contributed by atoms with Gasteiger partial charge in [0.15, 0.2) is 0 Å². The molecule has 1 aromatic carbocycles. The minimum atomic E-state index is -0.955. The molecule has 0 fully saturated rings. The number of benzene rings is 1. The first-order valence-electron chi connectivity index (χ1n) is 5.94. The second-order valence-corrected chi connectivity index (χ2v) is 3.70. The largest absolute Gasteiger partial charge is 0.491 e. The third kappa shape index (κ3) is 6.06. The van der Waals surface area contributed by atoms with Crippen LogP contribution < -0.4 is 4.74 Å². The Labute approximate surface area is 107 Å². The lowest BCUT2D eigenvalue weighted by atomic mass is 10.2. The lowest BCUT2D eigenvalue weighted by molar-refractivity contribution is -0.131. The predicted octanol–water partition coefficient (Wildman–Crippen LogP) is 2.59. The first-order chi connectivity index (χ1) is 8.72. The lowest BCUT2D eigenvalue weighted by Crippen LogP contribution is -2.06. The van der Waals surface area contributed by atoms with Crippen LogP contribution in [0.2, 0.25) is 0 Å². The van der Waals surface area contributed by atoms with Crippen molar-refractivity contribution in [3.63, 3.8) is 0 Å². The van der Waals surface area contributed by atoms with Crippen molar-refractivity contribution in [2.45, 2.75) is 13.3 Å². The number of carboxylic acids is 1. The summed E-state index contributed by atoms with van der Waals surface area (Å²) in [5.74, 6) is -0.203. The van der Waals surface area contributed by atoms with Crippen LogP contribution in [0.25, 0.3) is 6.08 Å². The van der Waals surface area contributed by atoms with Gasteiger partial charge in [0.1, 0.15) is 12.4 Å². The molecule has 18 heavy (non-hydrogen) atoms. The van der Waals surface area contributed by atoms with Crippen molar-refractivity contribution in [3.05, 3.63) is 35.9 Å². The Kier molecular flexibility index (Phi) is 6.58. The van der Waals surface area contributed by atoms with E-state index in [0.29, 0.717) is 13.2 Å². The molecule has 0 amide bonds. The maximum Gasteiger partial charge on any atom is 0.328 e. The Morgan fingerprint density at radius 1 is 1.22 bits per heavy atom. The average molecular weight is 250 g/mol. The van der Waals surface area contributed by atoms with E-state index in [2.05, 4.69) is 6.92 Å². The van der Waals surface area contributed by atoms with Crippen molar-refractivity contribution in [2.24, 2.45) is 0 Å². The topological polar surface area (TPSA) is 55.8 Å². The maximum atomic E-state index is 10.3. The molecule has 0 aliphatic rings. The number of carboxylic acid groups (broad SMARTS) is 1. The van der Waals surface area contributed by atoms with Gasteiger partial charge >= 0.3 is 5.97 Å². The predicted molar refractivity (Wildman–Crippen MR) is 69.7 cm³/mol. The fourth-order valence-electron chi connectivity index (χ4n) is 1.31. The molecule has 0 radical (unpaired) electrons. The Hall–Kier alpha value is -1.81. The Morgan fingerprint density at radius 3 is 2.56 bits per heavy atom. The molecule has 0 aromatic heterocycles. The van der Waals surface area contributed by atoms with E-state index in [9.17, 15) is 4.79 Å². The molecular weight excluding hydrogens is 232 g/mol. The standard InChI is InChI=1S/C14H18O4/c1-2-9-17-10-11-18-13-6-3-12(4-7-13)5-8-14(15)16/h3-8H,2,9-11H2,1H3,(H,15,16)/b8-5+. The van der Waals surface area contributed by atoms with Crippen molar-refractivity contribution < 1.29 is 19.4 Å². The molecule has 0 aliphatic carbocycles. The van der Waals surface area contributed by atoms with Crippen LogP contribution in [0.15, 0.2) is 30.3 Å². The van der Waals surface area contributed by atoms with Crippen LogP contribution in [0.5, 0.6) is 5.75 Å². The fraction of sp³-hybridized carbons (Fsp3) is 0.357. The highest BCUT2D eigenvalue weighted by atomic mass is 16.5. The van der Waals surface area contributed by atoms with Crippen LogP contribution in [-0.4, -0.2) is 30.9 Å². The maximum absolute atomic E-state index is 10.3. The Morgan fingerprint density at radius 2 is 1.94 bits per heavy atom. The zero-order chi connectivity index (χ0) is 13.2. The molecule has 0 spiro atoms. The zero-order valence-corrected chi connectivity index (χ0v) is 10.5. The minimum absolute atomic E-state index is 0.518. The molecule has 4 heteroatoms. The van der Waals surface area contributed by atoms with Gasteiger partial charge in [-0.3, -0.25) is 0 Å². The summed E-state index contributed by atoms with van der Waals surface area (Å²) in [5.41, 5.74) is 0.826. The monoisotopic (exact) mass is 250 g/mol. The summed E-state index contributed by atoms with van der Waals surface area (Å²) < 4.78 is 10.8. The van der Waals surface area contributed by atoms with Gasteiger partial charge in [-0.05, 0) is 30.2 Å². The van der Waals surface area contributed by atoms with Gasteiger partial charge in [-0.2, -0.15) is 0 Å². The van der Waals surface area contributed by atoms with Crippen LogP contribution in [0.1, 0.15) is 18.9 Å². The van der Waals surface area contributed by atoms with E-state index >= 15 is 0 Å². The summed E-state index contributed by atoms with van der Waals surface area (Å²) in [4.78, 5) is 10.3. The number of ether oxygens (including phenoxy) is 2. The quantitative estimate of drug-likeness (QED) is 0.569. The number of hydrogen-bond donors (Lipinski definition) is 1. The SMILES string of the molecule is CCCOCCOc1ccc(/C=C/C(=O)O)cc1. The Balaban J connectivity index is 2.34. The third-order valence-electron chi connectivity index (χ3n) is 2.14. The molecule has 98 valence electrons. The van der Waals surface area contributed by atoms with Crippen LogP contribution in [0.3, 0.4) is 0 Å². The van der Waals surface area contributed by atoms with Gasteiger partial charge in [0.2, 0.25) is 0 Å². The molecule has 1 aromatic rings. The van der Waals surface area contributed by atoms with E-state index in [1.165, 1.54) is 6.08 Å². The van der Waals surface area contributed by atoms with Gasteiger partial charge in [0.25, 0.3) is 0 Å². The van der Waals surface area contributed by atoms with Gasteiger partial charge < -0.3 is 14.6 Å². The minimum Gasteiger partial charge on any atom is -0.491 e. The normalized spacial score (nSPS) is 10.7. The van der Waals surface area contributed by atoms with Crippen molar-refractivity contribution >= 4 is 12.0 Å². The van der Waals surface area contributed by atoms with E-state index in [1.54, 1.807) is 12.1 Å². The summed E-state index contributed by atoms with van der Waals surface area (Å²) in [7, 11) is 0. The van der Waals surface area contributed by atoms with Gasteiger partial charge in [-0.1, -0.05) is 19.1 Å². The second kappa shape index (κ2) is 8.31. The summed E-state index contributed by atoms with van der Waals surface area (Å²) >= 11 is 0. The van der Waals surface area contributed by atoms with Crippen molar-refractivity contribution in [1.29, 1.82) is 0 Å². The summed E-state index contributed by atoms with van der Waals surface area (Å²) in [5, 5.41) is 8.49. The molecular formula is C14H18O4. The van der Waals surface area contributed by atoms with E-state index in [4.69, 9.17) is 14.6 Å². The molecule has 1 N–H and O–H groups in total. The third-order valence-corrected chi connectivity index (χ3v) is 2.14. The van der Waals surface area contributed by atoms with Gasteiger partial charge in [-0.25, -0.2) is 4.79 Å². The van der Waals surface area contributed by atoms with E-state index in [1.807, 2.05) is 12.1 Å². The van der Waals surface area contributed by atoms with Crippen molar-refractivity contribution in [3.8, 4) is 5.75 Å².